The highest BCUT2D eigenvalue weighted by Gasteiger charge is 2.63. The number of aryl methyl sites for hydroxylation is 1. The summed E-state index contributed by atoms with van der Waals surface area (Å²) in [7, 11) is 1.30. The fourth-order valence-corrected chi connectivity index (χ4v) is 4.40. The number of benzene rings is 1. The quantitative estimate of drug-likeness (QED) is 0.315. The summed E-state index contributed by atoms with van der Waals surface area (Å²) in [4.78, 5) is 23.6. The van der Waals surface area contributed by atoms with Crippen molar-refractivity contribution < 1.29 is 40.3 Å². The molecule has 190 valence electrons. The summed E-state index contributed by atoms with van der Waals surface area (Å²) >= 11 is 0.565. The van der Waals surface area contributed by atoms with Crippen LogP contribution in [0.2, 0.25) is 0 Å². The zero-order valence-corrected chi connectivity index (χ0v) is 18.9. The molecule has 3 N–H and O–H groups in total. The van der Waals surface area contributed by atoms with Crippen molar-refractivity contribution >= 4 is 28.5 Å². The predicted molar refractivity (Wildman–Crippen MR) is 114 cm³/mol. The van der Waals surface area contributed by atoms with Crippen molar-refractivity contribution in [3.05, 3.63) is 46.9 Å². The van der Waals surface area contributed by atoms with Crippen LogP contribution in [-0.4, -0.2) is 52.0 Å². The lowest BCUT2D eigenvalue weighted by atomic mass is 10.1. The minimum atomic E-state index is -4.60. The second-order valence-electron chi connectivity index (χ2n) is 7.54. The highest BCUT2D eigenvalue weighted by Crippen LogP contribution is 2.64. The number of anilines is 1. The maximum Gasteiger partial charge on any atom is 0.422 e. The summed E-state index contributed by atoms with van der Waals surface area (Å²) in [5.41, 5.74) is 4.49. The Morgan fingerprint density at radius 3 is 2.63 bits per heavy atom. The molecule has 1 saturated carbocycles. The molecule has 1 aliphatic rings. The minimum absolute atomic E-state index is 0.102. The Hall–Kier alpha value is -3.10. The van der Waals surface area contributed by atoms with Gasteiger partial charge < -0.3 is 15.8 Å². The van der Waals surface area contributed by atoms with Crippen LogP contribution < -0.4 is 15.8 Å². The third kappa shape index (κ3) is 5.94. The number of aliphatic imine (C=N–C) groups is 1. The first-order chi connectivity index (χ1) is 16.3. The Morgan fingerprint density at radius 1 is 1.37 bits per heavy atom. The number of halogens is 7. The van der Waals surface area contributed by atoms with Gasteiger partial charge in [-0.2, -0.15) is 13.2 Å². The number of amidine groups is 1. The molecule has 0 radical (unpaired) electrons. The van der Waals surface area contributed by atoms with Crippen LogP contribution in [0.5, 0.6) is 5.88 Å². The summed E-state index contributed by atoms with van der Waals surface area (Å²) in [5.74, 6) is -5.25. The van der Waals surface area contributed by atoms with Crippen LogP contribution in [0.1, 0.15) is 34.1 Å². The van der Waals surface area contributed by atoms with Gasteiger partial charge in [-0.05, 0) is 25.0 Å². The van der Waals surface area contributed by atoms with Crippen molar-refractivity contribution in [2.75, 3.05) is 19.0 Å². The van der Waals surface area contributed by atoms with E-state index in [1.807, 2.05) is 0 Å². The fourth-order valence-electron chi connectivity index (χ4n) is 3.31. The van der Waals surface area contributed by atoms with Gasteiger partial charge in [-0.1, -0.05) is 11.8 Å². The summed E-state index contributed by atoms with van der Waals surface area (Å²) in [6, 6.07) is 1.68. The number of alkyl halides is 5. The van der Waals surface area contributed by atoms with Crippen molar-refractivity contribution in [1.82, 2.24) is 9.97 Å². The molecule has 3 rings (SSSR count). The van der Waals surface area contributed by atoms with Crippen molar-refractivity contribution in [2.24, 2.45) is 10.7 Å². The van der Waals surface area contributed by atoms with Crippen molar-refractivity contribution in [3.8, 4) is 5.88 Å². The van der Waals surface area contributed by atoms with Gasteiger partial charge in [0.05, 0.1) is 16.6 Å². The largest absolute Gasteiger partial charge is 0.467 e. The standard InChI is InChI=1S/C20H18F7N5O2S/c1-8-15(30-6-13(31-8)34-7-20(25,26)27)16(33)32-9-3-10(14(22)12(21)4-9)11-5-19(11,17(23)24)35-18(28)29-2/h3-4,6,11,17H,5,7H2,1-2H3,(H2,28,29)(H,32,33)/t11-,19-/m0/s1. The average molecular weight is 525 g/mol. The van der Waals surface area contributed by atoms with Gasteiger partial charge in [0, 0.05) is 24.7 Å². The van der Waals surface area contributed by atoms with Crippen LogP contribution in [0.3, 0.4) is 0 Å². The molecule has 0 unspecified atom stereocenters. The van der Waals surface area contributed by atoms with Gasteiger partial charge >= 0.3 is 6.18 Å². The molecule has 15 heteroatoms. The first-order valence-electron chi connectivity index (χ1n) is 9.80. The van der Waals surface area contributed by atoms with Gasteiger partial charge in [0.2, 0.25) is 5.88 Å². The van der Waals surface area contributed by atoms with E-state index < -0.39 is 53.3 Å². The number of aromatic nitrogens is 2. The Bertz CT molecular complexity index is 1160. The van der Waals surface area contributed by atoms with E-state index in [1.54, 1.807) is 0 Å². The number of carbonyl (C=O) groups excluding carboxylic acids is 1. The predicted octanol–water partition coefficient (Wildman–Crippen LogP) is 4.43. The SMILES string of the molecule is C/N=C(/N)S[C@@]1(C(F)F)C[C@H]1c1cc(NC(=O)c2ncc(OCC(F)(F)F)nc2C)cc(F)c1F. The molecule has 0 bridgehead atoms. The van der Waals surface area contributed by atoms with Crippen LogP contribution in [-0.2, 0) is 0 Å². The lowest BCUT2D eigenvalue weighted by molar-refractivity contribution is -0.154. The zero-order valence-electron chi connectivity index (χ0n) is 18.1. The minimum Gasteiger partial charge on any atom is -0.467 e. The number of ether oxygens (including phenoxy) is 1. The molecule has 1 aromatic heterocycles. The Balaban J connectivity index is 1.82. The molecule has 1 amide bonds. The van der Waals surface area contributed by atoms with Crippen LogP contribution >= 0.6 is 11.8 Å². The Morgan fingerprint density at radius 2 is 2.06 bits per heavy atom. The average Bonchev–Trinajstić information content (AvgIpc) is 3.49. The van der Waals surface area contributed by atoms with Crippen molar-refractivity contribution in [3.63, 3.8) is 0 Å². The number of amides is 1. The summed E-state index contributed by atoms with van der Waals surface area (Å²) in [5, 5.41) is 2.12. The first kappa shape index (κ1) is 26.5. The van der Waals surface area contributed by atoms with Gasteiger partial charge in [-0.15, -0.1) is 0 Å². The third-order valence-corrected chi connectivity index (χ3v) is 6.45. The maximum absolute atomic E-state index is 14.5. The van der Waals surface area contributed by atoms with Gasteiger partial charge in [0.25, 0.3) is 12.3 Å². The lowest BCUT2D eigenvalue weighted by Crippen LogP contribution is -2.24. The summed E-state index contributed by atoms with van der Waals surface area (Å²) < 4.78 is 95.8. The topological polar surface area (TPSA) is 102 Å². The van der Waals surface area contributed by atoms with E-state index in [9.17, 15) is 35.5 Å². The first-order valence-corrected chi connectivity index (χ1v) is 10.6. The molecule has 1 aliphatic carbocycles. The highest BCUT2D eigenvalue weighted by molar-refractivity contribution is 8.15. The number of hydrogen-bond acceptors (Lipinski definition) is 6. The second-order valence-corrected chi connectivity index (χ2v) is 8.92. The number of nitrogens with two attached hydrogens (primary N) is 1. The van der Waals surface area contributed by atoms with Crippen LogP contribution in [0.25, 0.3) is 0 Å². The van der Waals surface area contributed by atoms with Gasteiger partial charge in [0.15, 0.2) is 23.4 Å². The van der Waals surface area contributed by atoms with Crippen LogP contribution in [0, 0.1) is 18.6 Å². The zero-order chi connectivity index (χ0) is 26.1. The van der Waals surface area contributed by atoms with E-state index in [2.05, 4.69) is 25.0 Å². The molecule has 2 atom stereocenters. The smallest absolute Gasteiger partial charge is 0.422 e. The third-order valence-electron chi connectivity index (χ3n) is 5.05. The number of nitrogens with zero attached hydrogens (tertiary/aromatic N) is 3. The monoisotopic (exact) mass is 525 g/mol. The highest BCUT2D eigenvalue weighted by atomic mass is 32.2. The molecule has 35 heavy (non-hydrogen) atoms. The molecule has 2 aromatic rings. The molecular weight excluding hydrogens is 507 g/mol. The normalized spacial score (nSPS) is 20.2. The molecule has 1 heterocycles. The van der Waals surface area contributed by atoms with E-state index in [0.717, 1.165) is 12.3 Å². The number of nitrogens with one attached hydrogen (secondary N) is 1. The molecule has 0 saturated heterocycles. The van der Waals surface area contributed by atoms with Crippen molar-refractivity contribution in [1.29, 1.82) is 0 Å². The van der Waals surface area contributed by atoms with E-state index in [4.69, 9.17) is 5.73 Å². The van der Waals surface area contributed by atoms with Crippen molar-refractivity contribution in [2.45, 2.75) is 36.6 Å². The van der Waals surface area contributed by atoms with E-state index in [1.165, 1.54) is 14.0 Å². The molecule has 7 nitrogen and oxygen atoms in total. The number of carbonyl (C=O) groups is 1. The summed E-state index contributed by atoms with van der Waals surface area (Å²) in [6.45, 7) is -0.337. The molecule has 1 fully saturated rings. The Labute approximate surface area is 198 Å². The van der Waals surface area contributed by atoms with Gasteiger partial charge in [-0.25, -0.2) is 27.5 Å². The molecule has 1 aromatic carbocycles. The fraction of sp³-hybridized carbons (Fsp3) is 0.400. The molecule has 0 spiro atoms. The van der Waals surface area contributed by atoms with Gasteiger partial charge in [0.1, 0.15) is 5.69 Å². The Kier molecular flexibility index (Phi) is 7.48. The second kappa shape index (κ2) is 9.87. The summed E-state index contributed by atoms with van der Waals surface area (Å²) in [6.07, 6.45) is -6.94. The van der Waals surface area contributed by atoms with E-state index >= 15 is 0 Å². The van der Waals surface area contributed by atoms with Crippen LogP contribution in [0.4, 0.5) is 36.4 Å². The van der Waals surface area contributed by atoms with Crippen LogP contribution in [0.15, 0.2) is 23.3 Å². The molecular formula is C20H18F7N5O2S. The molecule has 0 aliphatic heterocycles. The van der Waals surface area contributed by atoms with Gasteiger partial charge in [-0.3, -0.25) is 9.79 Å². The number of rotatable bonds is 7. The van der Waals surface area contributed by atoms with E-state index in [0.29, 0.717) is 17.8 Å². The number of hydrogen-bond donors (Lipinski definition) is 2. The maximum atomic E-state index is 14.5. The number of thioether (sulfide) groups is 1. The lowest BCUT2D eigenvalue weighted by Gasteiger charge is -2.17. The van der Waals surface area contributed by atoms with E-state index in [-0.39, 0.29) is 34.2 Å².